The molecular weight excluding hydrogens is 270 g/mol. The van der Waals surface area contributed by atoms with Crippen LogP contribution in [0.4, 0.5) is 0 Å². The van der Waals surface area contributed by atoms with Crippen molar-refractivity contribution < 1.29 is 4.42 Å². The Morgan fingerprint density at radius 1 is 0.955 bits per heavy atom. The first-order valence-electron chi connectivity index (χ1n) is 8.05. The molecule has 1 fully saturated rings. The van der Waals surface area contributed by atoms with Crippen molar-refractivity contribution in [3.05, 3.63) is 48.0 Å². The highest BCUT2D eigenvalue weighted by molar-refractivity contribution is 6.05. The summed E-state index contributed by atoms with van der Waals surface area (Å²) >= 11 is 0. The van der Waals surface area contributed by atoms with Crippen LogP contribution in [-0.4, -0.2) is 5.54 Å². The van der Waals surface area contributed by atoms with E-state index in [0.29, 0.717) is 6.04 Å². The van der Waals surface area contributed by atoms with E-state index in [1.807, 2.05) is 6.07 Å². The molecule has 1 unspecified atom stereocenters. The van der Waals surface area contributed by atoms with Gasteiger partial charge >= 0.3 is 0 Å². The highest BCUT2D eigenvalue weighted by atomic mass is 16.3. The zero-order valence-corrected chi connectivity index (χ0v) is 13.7. The number of benzene rings is 2. The lowest BCUT2D eigenvalue weighted by Crippen LogP contribution is -2.33. The normalized spacial score (nSPS) is 23.4. The summed E-state index contributed by atoms with van der Waals surface area (Å²) in [4.78, 5) is 0. The highest BCUT2D eigenvalue weighted by Gasteiger charge is 2.45. The topological polar surface area (TPSA) is 25.2 Å². The number of hydrogen-bond acceptors (Lipinski definition) is 2. The van der Waals surface area contributed by atoms with Crippen molar-refractivity contribution in [1.29, 1.82) is 0 Å². The molecule has 3 aromatic rings. The third kappa shape index (κ3) is 1.98. The fourth-order valence-electron chi connectivity index (χ4n) is 4.37. The Kier molecular flexibility index (Phi) is 2.74. The monoisotopic (exact) mass is 293 g/mol. The maximum absolute atomic E-state index is 6.22. The van der Waals surface area contributed by atoms with Crippen LogP contribution in [0.3, 0.4) is 0 Å². The second-order valence-electron chi connectivity index (χ2n) is 7.95. The minimum atomic E-state index is 0.155. The van der Waals surface area contributed by atoms with Crippen molar-refractivity contribution in [2.24, 2.45) is 5.41 Å². The molecule has 4 rings (SSSR count). The average Bonchev–Trinajstić information content (AvgIpc) is 2.92. The molecule has 0 bridgehead atoms. The molecule has 22 heavy (non-hydrogen) atoms. The summed E-state index contributed by atoms with van der Waals surface area (Å²) in [5.74, 6) is 0. The lowest BCUT2D eigenvalue weighted by Gasteiger charge is -2.26. The SMILES string of the molecule is CC1(C)CC(C)(C)C(c2cccc3c2oc2ccccc23)N1. The summed E-state index contributed by atoms with van der Waals surface area (Å²) in [5, 5.41) is 6.23. The molecular formula is C20H23NO. The fraction of sp³-hybridized carbons (Fsp3) is 0.400. The first kappa shape index (κ1) is 13.8. The van der Waals surface area contributed by atoms with Gasteiger partial charge in [0.15, 0.2) is 0 Å². The van der Waals surface area contributed by atoms with Gasteiger partial charge in [0, 0.05) is 27.9 Å². The van der Waals surface area contributed by atoms with Crippen molar-refractivity contribution in [1.82, 2.24) is 5.32 Å². The molecule has 2 aromatic carbocycles. The number of hydrogen-bond donors (Lipinski definition) is 1. The molecule has 1 N–H and O–H groups in total. The van der Waals surface area contributed by atoms with Crippen molar-refractivity contribution in [2.45, 2.75) is 45.7 Å². The molecule has 0 radical (unpaired) electrons. The maximum atomic E-state index is 6.22. The van der Waals surface area contributed by atoms with Crippen LogP contribution >= 0.6 is 0 Å². The van der Waals surface area contributed by atoms with E-state index in [0.717, 1.165) is 17.6 Å². The van der Waals surface area contributed by atoms with Gasteiger partial charge < -0.3 is 9.73 Å². The number of rotatable bonds is 1. The van der Waals surface area contributed by atoms with Crippen molar-refractivity contribution >= 4 is 21.9 Å². The van der Waals surface area contributed by atoms with E-state index in [9.17, 15) is 0 Å². The molecule has 0 saturated carbocycles. The van der Waals surface area contributed by atoms with Gasteiger partial charge in [0.25, 0.3) is 0 Å². The quantitative estimate of drug-likeness (QED) is 0.647. The van der Waals surface area contributed by atoms with E-state index in [4.69, 9.17) is 4.42 Å². The fourth-order valence-corrected chi connectivity index (χ4v) is 4.37. The molecule has 1 aromatic heterocycles. The molecule has 2 heterocycles. The smallest absolute Gasteiger partial charge is 0.140 e. The molecule has 1 aliphatic heterocycles. The van der Waals surface area contributed by atoms with E-state index >= 15 is 0 Å². The van der Waals surface area contributed by atoms with Crippen LogP contribution in [0.1, 0.15) is 45.7 Å². The van der Waals surface area contributed by atoms with Crippen molar-refractivity contribution in [3.8, 4) is 0 Å². The first-order valence-corrected chi connectivity index (χ1v) is 8.05. The largest absolute Gasteiger partial charge is 0.456 e. The Bertz CT molecular complexity index is 856. The van der Waals surface area contributed by atoms with Crippen LogP contribution < -0.4 is 5.32 Å². The highest BCUT2D eigenvalue weighted by Crippen LogP contribution is 2.49. The Morgan fingerprint density at radius 3 is 2.41 bits per heavy atom. The molecule has 0 spiro atoms. The molecule has 0 amide bonds. The molecule has 1 aliphatic rings. The lowest BCUT2D eigenvalue weighted by molar-refractivity contribution is 0.316. The molecule has 114 valence electrons. The van der Waals surface area contributed by atoms with Crippen LogP contribution in [0.2, 0.25) is 0 Å². The Hall–Kier alpha value is -1.80. The van der Waals surface area contributed by atoms with E-state index in [1.165, 1.54) is 16.3 Å². The predicted molar refractivity (Wildman–Crippen MR) is 92.1 cm³/mol. The summed E-state index contributed by atoms with van der Waals surface area (Å²) in [6.07, 6.45) is 1.15. The molecule has 2 nitrogen and oxygen atoms in total. The zero-order chi connectivity index (χ0) is 15.5. The third-order valence-corrected chi connectivity index (χ3v) is 4.96. The van der Waals surface area contributed by atoms with Crippen LogP contribution in [0.15, 0.2) is 46.9 Å². The molecule has 0 aliphatic carbocycles. The van der Waals surface area contributed by atoms with Crippen molar-refractivity contribution in [3.63, 3.8) is 0 Å². The standard InChI is InChI=1S/C20H23NO/c1-19(2)12-20(3,4)21-18(19)15-10-7-9-14-13-8-5-6-11-16(13)22-17(14)15/h5-11,18,21H,12H2,1-4H3. The van der Waals surface area contributed by atoms with Gasteiger partial charge in [-0.05, 0) is 31.7 Å². The zero-order valence-electron chi connectivity index (χ0n) is 13.7. The number of furan rings is 1. The first-order chi connectivity index (χ1) is 10.4. The van der Waals surface area contributed by atoms with Gasteiger partial charge in [0.2, 0.25) is 0 Å². The van der Waals surface area contributed by atoms with Gasteiger partial charge in [-0.1, -0.05) is 50.2 Å². The summed E-state index contributed by atoms with van der Waals surface area (Å²) in [6, 6.07) is 15.1. The second-order valence-corrected chi connectivity index (χ2v) is 7.95. The van der Waals surface area contributed by atoms with E-state index < -0.39 is 0 Å². The van der Waals surface area contributed by atoms with Crippen LogP contribution in [0.5, 0.6) is 0 Å². The maximum Gasteiger partial charge on any atom is 0.140 e. The summed E-state index contributed by atoms with van der Waals surface area (Å²) in [6.45, 7) is 9.27. The van der Waals surface area contributed by atoms with E-state index in [-0.39, 0.29) is 11.0 Å². The molecule has 1 saturated heterocycles. The van der Waals surface area contributed by atoms with Crippen molar-refractivity contribution in [2.75, 3.05) is 0 Å². The van der Waals surface area contributed by atoms with E-state index in [1.54, 1.807) is 0 Å². The van der Waals surface area contributed by atoms with Gasteiger partial charge in [-0.2, -0.15) is 0 Å². The Labute approximate surface area is 131 Å². The predicted octanol–water partition coefficient (Wildman–Crippen LogP) is 5.43. The average molecular weight is 293 g/mol. The second kappa shape index (κ2) is 4.36. The van der Waals surface area contributed by atoms with Gasteiger partial charge in [-0.15, -0.1) is 0 Å². The van der Waals surface area contributed by atoms with E-state index in [2.05, 4.69) is 69.4 Å². The van der Waals surface area contributed by atoms with Gasteiger partial charge in [0.1, 0.15) is 11.2 Å². The summed E-state index contributed by atoms with van der Waals surface area (Å²) in [5.41, 5.74) is 3.65. The summed E-state index contributed by atoms with van der Waals surface area (Å²) < 4.78 is 6.22. The minimum Gasteiger partial charge on any atom is -0.456 e. The molecule has 2 heteroatoms. The Balaban J connectivity index is 1.96. The number of para-hydroxylation sites is 2. The van der Waals surface area contributed by atoms with Gasteiger partial charge in [-0.3, -0.25) is 0 Å². The molecule has 1 atom stereocenters. The lowest BCUT2D eigenvalue weighted by atomic mass is 9.78. The number of nitrogens with one attached hydrogen (secondary N) is 1. The number of fused-ring (bicyclic) bond motifs is 3. The van der Waals surface area contributed by atoms with Crippen LogP contribution in [0.25, 0.3) is 21.9 Å². The Morgan fingerprint density at radius 2 is 1.68 bits per heavy atom. The van der Waals surface area contributed by atoms with Crippen LogP contribution in [-0.2, 0) is 0 Å². The van der Waals surface area contributed by atoms with Crippen LogP contribution in [0, 0.1) is 5.41 Å². The third-order valence-electron chi connectivity index (χ3n) is 4.96. The van der Waals surface area contributed by atoms with Gasteiger partial charge in [-0.25, -0.2) is 0 Å². The minimum absolute atomic E-state index is 0.155. The summed E-state index contributed by atoms with van der Waals surface area (Å²) in [7, 11) is 0. The van der Waals surface area contributed by atoms with Gasteiger partial charge in [0.05, 0.1) is 0 Å².